The zero-order valence-electron chi connectivity index (χ0n) is 11.2. The predicted molar refractivity (Wildman–Crippen MR) is 83.9 cm³/mol. The van der Waals surface area contributed by atoms with E-state index >= 15 is 0 Å². The summed E-state index contributed by atoms with van der Waals surface area (Å²) in [7, 11) is 0. The van der Waals surface area contributed by atoms with Crippen LogP contribution in [-0.2, 0) is 11.3 Å². The lowest BCUT2D eigenvalue weighted by molar-refractivity contribution is -0.116. The maximum absolute atomic E-state index is 12.4. The van der Waals surface area contributed by atoms with Crippen molar-refractivity contribution >= 4 is 33.6 Å². The lowest BCUT2D eigenvalue weighted by atomic mass is 10.2. The van der Waals surface area contributed by atoms with Gasteiger partial charge in [0.1, 0.15) is 6.54 Å². The Morgan fingerprint density at radius 2 is 1.62 bits per heavy atom. The van der Waals surface area contributed by atoms with Crippen LogP contribution in [0, 0.1) is 0 Å². The Labute approximate surface area is 131 Å². The highest BCUT2D eigenvalue weighted by Gasteiger charge is 2.36. The second kappa shape index (κ2) is 5.69. The molecule has 3 rings (SSSR count). The molecular formula is C16H13BrN2O2. The number of imide groups is 1. The van der Waals surface area contributed by atoms with Crippen molar-refractivity contribution in [2.24, 2.45) is 0 Å². The van der Waals surface area contributed by atoms with Crippen molar-refractivity contribution in [2.45, 2.75) is 6.54 Å². The summed E-state index contributed by atoms with van der Waals surface area (Å²) in [4.78, 5) is 27.3. The van der Waals surface area contributed by atoms with Crippen LogP contribution in [0.5, 0.6) is 0 Å². The smallest absolute Gasteiger partial charge is 0.310 e. The highest BCUT2D eigenvalue weighted by atomic mass is 79.9. The molecule has 106 valence electrons. The molecule has 1 saturated heterocycles. The molecule has 1 fully saturated rings. The minimum atomic E-state index is -0.269. The molecule has 1 heterocycles. The van der Waals surface area contributed by atoms with Crippen LogP contribution < -0.4 is 4.90 Å². The molecule has 21 heavy (non-hydrogen) atoms. The van der Waals surface area contributed by atoms with Crippen molar-refractivity contribution < 1.29 is 9.59 Å². The molecule has 0 bridgehead atoms. The fraction of sp³-hybridized carbons (Fsp3) is 0.125. The van der Waals surface area contributed by atoms with Crippen molar-refractivity contribution in [3.63, 3.8) is 0 Å². The number of hydrogen-bond donors (Lipinski definition) is 0. The van der Waals surface area contributed by atoms with Crippen molar-refractivity contribution in [1.29, 1.82) is 0 Å². The highest BCUT2D eigenvalue weighted by molar-refractivity contribution is 9.10. The average Bonchev–Trinajstić information content (AvgIpc) is 2.77. The van der Waals surface area contributed by atoms with Gasteiger partial charge in [-0.1, -0.05) is 46.3 Å². The third-order valence-electron chi connectivity index (χ3n) is 3.34. The first-order valence-corrected chi connectivity index (χ1v) is 7.36. The normalized spacial score (nSPS) is 14.9. The van der Waals surface area contributed by atoms with Crippen LogP contribution in [0.1, 0.15) is 5.56 Å². The molecule has 0 atom stereocenters. The largest absolute Gasteiger partial charge is 0.332 e. The summed E-state index contributed by atoms with van der Waals surface area (Å²) < 4.78 is 0.987. The Morgan fingerprint density at radius 1 is 0.952 bits per heavy atom. The quantitative estimate of drug-likeness (QED) is 0.800. The zero-order valence-corrected chi connectivity index (χ0v) is 12.8. The fourth-order valence-corrected chi connectivity index (χ4v) is 2.58. The molecule has 0 saturated carbocycles. The highest BCUT2D eigenvalue weighted by Crippen LogP contribution is 2.22. The average molecular weight is 345 g/mol. The summed E-state index contributed by atoms with van der Waals surface area (Å²) in [5.41, 5.74) is 1.61. The molecule has 1 aliphatic heterocycles. The number of carbonyl (C=O) groups excluding carboxylic acids is 2. The van der Waals surface area contributed by atoms with E-state index in [0.29, 0.717) is 12.2 Å². The number of benzene rings is 2. The van der Waals surface area contributed by atoms with Gasteiger partial charge in [0.2, 0.25) is 0 Å². The van der Waals surface area contributed by atoms with E-state index < -0.39 is 0 Å². The lowest BCUT2D eigenvalue weighted by Crippen LogP contribution is -2.32. The molecule has 0 unspecified atom stereocenters. The number of anilines is 1. The summed E-state index contributed by atoms with van der Waals surface area (Å²) in [6.07, 6.45) is 0. The monoisotopic (exact) mass is 344 g/mol. The molecule has 0 spiro atoms. The van der Waals surface area contributed by atoms with Gasteiger partial charge in [0.15, 0.2) is 0 Å². The van der Waals surface area contributed by atoms with Crippen molar-refractivity contribution in [2.75, 3.05) is 11.4 Å². The van der Waals surface area contributed by atoms with E-state index in [1.165, 1.54) is 4.90 Å². The topological polar surface area (TPSA) is 40.6 Å². The SMILES string of the molecule is O=C1CN(Cc2ccc(Br)cc2)C(=O)N1c1ccccc1. The molecular weight excluding hydrogens is 332 g/mol. The van der Waals surface area contributed by atoms with E-state index in [2.05, 4.69) is 15.9 Å². The second-order valence-electron chi connectivity index (χ2n) is 4.83. The minimum Gasteiger partial charge on any atom is -0.310 e. The number of para-hydroxylation sites is 1. The molecule has 2 aromatic rings. The van der Waals surface area contributed by atoms with Gasteiger partial charge < -0.3 is 4.90 Å². The summed E-state index contributed by atoms with van der Waals surface area (Å²) >= 11 is 3.38. The van der Waals surface area contributed by atoms with Gasteiger partial charge >= 0.3 is 6.03 Å². The van der Waals surface area contributed by atoms with Gasteiger partial charge in [-0.3, -0.25) is 4.79 Å². The van der Waals surface area contributed by atoms with E-state index in [4.69, 9.17) is 0 Å². The van der Waals surface area contributed by atoms with Gasteiger partial charge in [0, 0.05) is 11.0 Å². The first kappa shape index (κ1) is 13.8. The molecule has 3 amide bonds. The molecule has 1 aliphatic rings. The van der Waals surface area contributed by atoms with Crippen molar-refractivity contribution in [3.05, 3.63) is 64.6 Å². The van der Waals surface area contributed by atoms with Crippen LogP contribution >= 0.6 is 15.9 Å². The Morgan fingerprint density at radius 3 is 2.29 bits per heavy atom. The second-order valence-corrected chi connectivity index (χ2v) is 5.75. The summed E-state index contributed by atoms with van der Waals surface area (Å²) in [6.45, 7) is 0.547. The maximum atomic E-state index is 12.4. The summed E-state index contributed by atoms with van der Waals surface area (Å²) in [5.74, 6) is -0.191. The first-order valence-electron chi connectivity index (χ1n) is 6.56. The maximum Gasteiger partial charge on any atom is 0.332 e. The van der Waals surface area contributed by atoms with Gasteiger partial charge in [-0.05, 0) is 29.8 Å². The Bertz CT molecular complexity index is 670. The van der Waals surface area contributed by atoms with E-state index in [0.717, 1.165) is 10.0 Å². The van der Waals surface area contributed by atoms with Crippen LogP contribution in [0.3, 0.4) is 0 Å². The molecule has 0 aromatic heterocycles. The third kappa shape index (κ3) is 2.83. The number of urea groups is 1. The van der Waals surface area contributed by atoms with E-state index in [1.807, 2.05) is 42.5 Å². The van der Waals surface area contributed by atoms with E-state index in [-0.39, 0.29) is 18.5 Å². The molecule has 0 N–H and O–H groups in total. The Balaban J connectivity index is 1.79. The van der Waals surface area contributed by atoms with Gasteiger partial charge in [-0.25, -0.2) is 9.69 Å². The lowest BCUT2D eigenvalue weighted by Gasteiger charge is -2.17. The molecule has 4 nitrogen and oxygen atoms in total. The van der Waals surface area contributed by atoms with Gasteiger partial charge in [-0.15, -0.1) is 0 Å². The van der Waals surface area contributed by atoms with Crippen molar-refractivity contribution in [1.82, 2.24) is 4.90 Å². The molecule has 5 heteroatoms. The number of carbonyl (C=O) groups is 2. The molecule has 0 radical (unpaired) electrons. The predicted octanol–water partition coefficient (Wildman–Crippen LogP) is 3.42. The Kier molecular flexibility index (Phi) is 3.75. The van der Waals surface area contributed by atoms with Crippen LogP contribution in [0.25, 0.3) is 0 Å². The molecule has 0 aliphatic carbocycles. The van der Waals surface area contributed by atoms with Crippen LogP contribution in [0.15, 0.2) is 59.1 Å². The Hall–Kier alpha value is -2.14. The summed E-state index contributed by atoms with van der Waals surface area (Å²) in [5, 5.41) is 0. The van der Waals surface area contributed by atoms with Gasteiger partial charge in [0.25, 0.3) is 5.91 Å². The number of nitrogens with zero attached hydrogens (tertiary/aromatic N) is 2. The third-order valence-corrected chi connectivity index (χ3v) is 3.87. The van der Waals surface area contributed by atoms with Gasteiger partial charge in [-0.2, -0.15) is 0 Å². The summed E-state index contributed by atoms with van der Waals surface area (Å²) in [6, 6.07) is 16.5. The number of amides is 3. The van der Waals surface area contributed by atoms with Gasteiger partial charge in [0.05, 0.1) is 5.69 Å². The number of halogens is 1. The number of rotatable bonds is 3. The number of hydrogen-bond acceptors (Lipinski definition) is 2. The minimum absolute atomic E-state index is 0.115. The van der Waals surface area contributed by atoms with Crippen LogP contribution in [0.2, 0.25) is 0 Å². The zero-order chi connectivity index (χ0) is 14.8. The standard InChI is InChI=1S/C16H13BrN2O2/c17-13-8-6-12(7-9-13)10-18-11-15(20)19(16(18)21)14-4-2-1-3-5-14/h1-9H,10-11H2. The first-order chi connectivity index (χ1) is 10.1. The fourth-order valence-electron chi connectivity index (χ4n) is 2.31. The van der Waals surface area contributed by atoms with Crippen LogP contribution in [-0.4, -0.2) is 23.4 Å². The van der Waals surface area contributed by atoms with E-state index in [9.17, 15) is 9.59 Å². The van der Waals surface area contributed by atoms with E-state index in [1.54, 1.807) is 17.0 Å². The van der Waals surface area contributed by atoms with Crippen molar-refractivity contribution in [3.8, 4) is 0 Å². The van der Waals surface area contributed by atoms with Crippen LogP contribution in [0.4, 0.5) is 10.5 Å². The molecule has 2 aromatic carbocycles.